The molecule has 0 radical (unpaired) electrons. The minimum absolute atomic E-state index is 0.134. The summed E-state index contributed by atoms with van der Waals surface area (Å²) in [6.45, 7) is 4.23. The number of rotatable bonds is 3. The van der Waals surface area contributed by atoms with Gasteiger partial charge < -0.3 is 9.80 Å². The van der Waals surface area contributed by atoms with Gasteiger partial charge in [0.15, 0.2) is 0 Å². The summed E-state index contributed by atoms with van der Waals surface area (Å²) in [5, 5.41) is 0.631. The van der Waals surface area contributed by atoms with Gasteiger partial charge in [0.1, 0.15) is 0 Å². The molecule has 1 aromatic carbocycles. The molecule has 2 saturated heterocycles. The summed E-state index contributed by atoms with van der Waals surface area (Å²) in [5.74, 6) is 2.33. The van der Waals surface area contributed by atoms with E-state index in [2.05, 4.69) is 9.80 Å². The van der Waals surface area contributed by atoms with Crippen LogP contribution in [-0.4, -0.2) is 59.4 Å². The van der Waals surface area contributed by atoms with Crippen molar-refractivity contribution < 1.29 is 4.79 Å². The SMILES string of the molecule is O=C(c1cccc(Cl)c1)N1CCCSCC1CN1CCCC1. The van der Waals surface area contributed by atoms with Crippen LogP contribution in [0.15, 0.2) is 24.3 Å². The van der Waals surface area contributed by atoms with Crippen LogP contribution in [0.1, 0.15) is 29.6 Å². The molecular formula is C17H23ClN2OS. The molecule has 2 fully saturated rings. The van der Waals surface area contributed by atoms with Crippen LogP contribution in [0, 0.1) is 0 Å². The quantitative estimate of drug-likeness (QED) is 0.844. The van der Waals surface area contributed by atoms with Crippen LogP contribution in [0.5, 0.6) is 0 Å². The van der Waals surface area contributed by atoms with Crippen LogP contribution >= 0.6 is 23.4 Å². The van der Waals surface area contributed by atoms with Gasteiger partial charge in [-0.05, 0) is 56.3 Å². The van der Waals surface area contributed by atoms with Gasteiger partial charge in [-0.2, -0.15) is 11.8 Å². The topological polar surface area (TPSA) is 23.6 Å². The van der Waals surface area contributed by atoms with Gasteiger partial charge in [0.2, 0.25) is 0 Å². The summed E-state index contributed by atoms with van der Waals surface area (Å²) < 4.78 is 0. The molecule has 0 spiro atoms. The molecule has 1 unspecified atom stereocenters. The first-order valence-electron chi connectivity index (χ1n) is 8.11. The summed E-state index contributed by atoms with van der Waals surface area (Å²) in [6, 6.07) is 7.65. The maximum Gasteiger partial charge on any atom is 0.254 e. The molecule has 0 aliphatic carbocycles. The van der Waals surface area contributed by atoms with Gasteiger partial charge in [0.05, 0.1) is 6.04 Å². The second-order valence-corrected chi connectivity index (χ2v) is 7.69. The van der Waals surface area contributed by atoms with Crippen molar-refractivity contribution in [3.05, 3.63) is 34.9 Å². The van der Waals surface area contributed by atoms with E-state index >= 15 is 0 Å². The highest BCUT2D eigenvalue weighted by Gasteiger charge is 2.29. The second kappa shape index (κ2) is 7.71. The third-order valence-corrected chi connectivity index (χ3v) is 5.87. The fourth-order valence-corrected chi connectivity index (χ4v) is 4.55. The predicted molar refractivity (Wildman–Crippen MR) is 93.9 cm³/mol. The number of benzene rings is 1. The molecular weight excluding hydrogens is 316 g/mol. The predicted octanol–water partition coefficient (Wildman–Crippen LogP) is 3.38. The van der Waals surface area contributed by atoms with Gasteiger partial charge >= 0.3 is 0 Å². The summed E-state index contributed by atoms with van der Waals surface area (Å²) in [6.07, 6.45) is 3.66. The van der Waals surface area contributed by atoms with Crippen LogP contribution in [-0.2, 0) is 0 Å². The Kier molecular flexibility index (Phi) is 5.66. The maximum atomic E-state index is 12.9. The van der Waals surface area contributed by atoms with Crippen LogP contribution in [0.3, 0.4) is 0 Å². The molecule has 1 atom stereocenters. The number of halogens is 1. The van der Waals surface area contributed by atoms with Gasteiger partial charge in [0.25, 0.3) is 5.91 Å². The van der Waals surface area contributed by atoms with Crippen molar-refractivity contribution in [3.63, 3.8) is 0 Å². The molecule has 2 aliphatic rings. The van der Waals surface area contributed by atoms with Crippen LogP contribution in [0.2, 0.25) is 5.02 Å². The Morgan fingerprint density at radius 1 is 1.23 bits per heavy atom. The lowest BCUT2D eigenvalue weighted by Gasteiger charge is -2.32. The summed E-state index contributed by atoms with van der Waals surface area (Å²) in [5.41, 5.74) is 0.714. The Hall–Kier alpha value is -0.710. The molecule has 22 heavy (non-hydrogen) atoms. The number of hydrogen-bond donors (Lipinski definition) is 0. The Morgan fingerprint density at radius 3 is 2.82 bits per heavy atom. The third-order valence-electron chi connectivity index (χ3n) is 4.44. The van der Waals surface area contributed by atoms with Crippen molar-refractivity contribution in [2.24, 2.45) is 0 Å². The summed E-state index contributed by atoms with van der Waals surface area (Å²) in [7, 11) is 0. The Labute approximate surface area is 142 Å². The molecule has 1 amide bonds. The molecule has 0 bridgehead atoms. The summed E-state index contributed by atoms with van der Waals surface area (Å²) >= 11 is 8.03. The minimum atomic E-state index is 0.134. The highest BCUT2D eigenvalue weighted by atomic mass is 35.5. The molecule has 120 valence electrons. The van der Waals surface area contributed by atoms with Crippen molar-refractivity contribution in [1.29, 1.82) is 0 Å². The lowest BCUT2D eigenvalue weighted by molar-refractivity contribution is 0.0666. The molecule has 5 heteroatoms. The number of amides is 1. The number of nitrogens with zero attached hydrogens (tertiary/aromatic N) is 2. The van der Waals surface area contributed by atoms with E-state index in [9.17, 15) is 4.79 Å². The average Bonchev–Trinajstić information content (AvgIpc) is 2.92. The Balaban J connectivity index is 1.75. The first kappa shape index (κ1) is 16.2. The Bertz CT molecular complexity index is 519. The molecule has 3 rings (SSSR count). The van der Waals surface area contributed by atoms with Crippen molar-refractivity contribution in [2.45, 2.75) is 25.3 Å². The first-order chi connectivity index (χ1) is 10.7. The van der Waals surface area contributed by atoms with Gasteiger partial charge in [-0.15, -0.1) is 0 Å². The zero-order chi connectivity index (χ0) is 15.4. The smallest absolute Gasteiger partial charge is 0.254 e. The molecule has 1 aromatic rings. The zero-order valence-corrected chi connectivity index (χ0v) is 14.4. The van der Waals surface area contributed by atoms with E-state index in [4.69, 9.17) is 11.6 Å². The highest BCUT2D eigenvalue weighted by Crippen LogP contribution is 2.22. The van der Waals surface area contributed by atoms with E-state index in [1.807, 2.05) is 30.0 Å². The number of carbonyl (C=O) groups excluding carboxylic acids is 1. The van der Waals surface area contributed by atoms with Gasteiger partial charge in [0, 0.05) is 29.4 Å². The molecule has 3 nitrogen and oxygen atoms in total. The molecule has 2 aliphatic heterocycles. The van der Waals surface area contributed by atoms with E-state index in [-0.39, 0.29) is 5.91 Å². The number of thioether (sulfide) groups is 1. The largest absolute Gasteiger partial charge is 0.334 e. The van der Waals surface area contributed by atoms with Gasteiger partial charge in [-0.1, -0.05) is 17.7 Å². The number of hydrogen-bond acceptors (Lipinski definition) is 3. The molecule has 0 aromatic heterocycles. The van der Waals surface area contributed by atoms with Gasteiger partial charge in [-0.25, -0.2) is 0 Å². The monoisotopic (exact) mass is 338 g/mol. The van der Waals surface area contributed by atoms with E-state index in [0.717, 1.165) is 31.0 Å². The second-order valence-electron chi connectivity index (χ2n) is 6.10. The van der Waals surface area contributed by atoms with Crippen LogP contribution in [0.4, 0.5) is 0 Å². The fraction of sp³-hybridized carbons (Fsp3) is 0.588. The lowest BCUT2D eigenvalue weighted by Crippen LogP contribution is -2.47. The standard InChI is InChI=1S/C17H23ClN2OS/c18-15-6-3-5-14(11-15)17(21)20-9-4-10-22-13-16(20)12-19-7-1-2-8-19/h3,5-6,11,16H,1-2,4,7-10,12-13H2. The minimum Gasteiger partial charge on any atom is -0.334 e. The zero-order valence-electron chi connectivity index (χ0n) is 12.8. The first-order valence-corrected chi connectivity index (χ1v) is 9.64. The number of likely N-dealkylation sites (tertiary alicyclic amines) is 1. The molecule has 0 saturated carbocycles. The average molecular weight is 339 g/mol. The van der Waals surface area contributed by atoms with Gasteiger partial charge in [-0.3, -0.25) is 4.79 Å². The number of carbonyl (C=O) groups is 1. The van der Waals surface area contributed by atoms with Crippen molar-refractivity contribution in [2.75, 3.05) is 37.7 Å². The van der Waals surface area contributed by atoms with Crippen molar-refractivity contribution in [1.82, 2.24) is 9.80 Å². The highest BCUT2D eigenvalue weighted by molar-refractivity contribution is 7.99. The molecule has 2 heterocycles. The fourth-order valence-electron chi connectivity index (χ4n) is 3.30. The van der Waals surface area contributed by atoms with Crippen molar-refractivity contribution in [3.8, 4) is 0 Å². The van der Waals surface area contributed by atoms with E-state index in [0.29, 0.717) is 16.6 Å². The Morgan fingerprint density at radius 2 is 2.05 bits per heavy atom. The van der Waals surface area contributed by atoms with E-state index in [1.54, 1.807) is 6.07 Å². The van der Waals surface area contributed by atoms with Crippen LogP contribution < -0.4 is 0 Å². The van der Waals surface area contributed by atoms with Crippen molar-refractivity contribution >= 4 is 29.3 Å². The third kappa shape index (κ3) is 3.98. The maximum absolute atomic E-state index is 12.9. The summed E-state index contributed by atoms with van der Waals surface area (Å²) in [4.78, 5) is 17.5. The lowest BCUT2D eigenvalue weighted by atomic mass is 10.1. The van der Waals surface area contributed by atoms with E-state index in [1.165, 1.54) is 25.9 Å². The molecule has 0 N–H and O–H groups in total. The van der Waals surface area contributed by atoms with E-state index < -0.39 is 0 Å². The normalized spacial score (nSPS) is 23.5. The van der Waals surface area contributed by atoms with Crippen LogP contribution in [0.25, 0.3) is 0 Å².